The number of nitrogens with zero attached hydrogens (tertiary/aromatic N) is 1. The van der Waals surface area contributed by atoms with Gasteiger partial charge in [0.1, 0.15) is 13.2 Å². The van der Waals surface area contributed by atoms with Crippen LogP contribution in [0.4, 0.5) is 0 Å². The SMILES string of the molecule is CCCCCCC/C=C\C/C=C\C/C=C\CCCCCCCCCCCCCCCCC(=O)OC(COC(=O)CCCCCCCCCCCCCC)COC(OCC[N+](C)(C)C)C(=O)[O-]. The molecule has 0 saturated heterocycles. The number of hydrogen-bond acceptors (Lipinski definition) is 8. The Morgan fingerprint density at radius 1 is 0.455 bits per heavy atom. The van der Waals surface area contributed by atoms with Crippen molar-refractivity contribution in [3.8, 4) is 0 Å². The number of likely N-dealkylation sites (N-methyl/N-ethyl adjacent to an activating group) is 1. The molecular formula is C57H105NO8. The summed E-state index contributed by atoms with van der Waals surface area (Å²) in [4.78, 5) is 37.1. The van der Waals surface area contributed by atoms with Crippen LogP contribution in [0.3, 0.4) is 0 Å². The molecule has 0 bridgehead atoms. The van der Waals surface area contributed by atoms with Gasteiger partial charge in [-0.3, -0.25) is 9.59 Å². The number of hydrogen-bond donors (Lipinski definition) is 0. The van der Waals surface area contributed by atoms with Crippen molar-refractivity contribution in [3.63, 3.8) is 0 Å². The smallest absolute Gasteiger partial charge is 0.306 e. The van der Waals surface area contributed by atoms with Gasteiger partial charge in [0, 0.05) is 12.8 Å². The Balaban J connectivity index is 4.15. The van der Waals surface area contributed by atoms with Crippen molar-refractivity contribution in [2.45, 2.75) is 264 Å². The standard InChI is InChI=1S/C57H105NO8/c1-6-8-10-12-14-16-18-20-21-22-23-24-25-26-27-28-29-30-31-32-33-34-35-36-38-40-42-44-46-48-55(60)66-53(52-65-57(56(61)62)63-50-49-58(3,4)5)51-64-54(59)47-45-43-41-39-37-19-17-15-13-11-9-7-2/h18,20,22-23,25-26,53,57H,6-17,19,21,24,27-52H2,1-5H3/b20-18-,23-22-,26-25-. The summed E-state index contributed by atoms with van der Waals surface area (Å²) in [6.45, 7) is 4.75. The summed E-state index contributed by atoms with van der Waals surface area (Å²) in [7, 11) is 5.92. The topological polar surface area (TPSA) is 111 Å². The van der Waals surface area contributed by atoms with E-state index < -0.39 is 24.3 Å². The zero-order chi connectivity index (χ0) is 48.4. The summed E-state index contributed by atoms with van der Waals surface area (Å²) >= 11 is 0. The number of allylic oxidation sites excluding steroid dienone is 6. The molecule has 0 rings (SSSR count). The van der Waals surface area contributed by atoms with Gasteiger partial charge in [0.2, 0.25) is 0 Å². The largest absolute Gasteiger partial charge is 0.545 e. The van der Waals surface area contributed by atoms with Gasteiger partial charge in [-0.1, -0.05) is 224 Å². The van der Waals surface area contributed by atoms with Crippen LogP contribution in [-0.2, 0) is 33.3 Å². The molecule has 0 heterocycles. The van der Waals surface area contributed by atoms with Crippen molar-refractivity contribution >= 4 is 17.9 Å². The van der Waals surface area contributed by atoms with E-state index in [1.807, 2.05) is 21.1 Å². The summed E-state index contributed by atoms with van der Waals surface area (Å²) in [5.41, 5.74) is 0. The van der Waals surface area contributed by atoms with Crippen LogP contribution < -0.4 is 5.11 Å². The number of rotatable bonds is 51. The summed E-state index contributed by atoms with van der Waals surface area (Å²) in [5, 5.41) is 11.7. The van der Waals surface area contributed by atoms with Gasteiger partial charge in [0.15, 0.2) is 12.4 Å². The molecule has 0 fully saturated rings. The fourth-order valence-corrected chi connectivity index (χ4v) is 7.84. The van der Waals surface area contributed by atoms with Crippen LogP contribution in [0.1, 0.15) is 251 Å². The molecule has 0 amide bonds. The lowest BCUT2D eigenvalue weighted by Crippen LogP contribution is -2.44. The van der Waals surface area contributed by atoms with Gasteiger partial charge in [0.05, 0.1) is 40.3 Å². The van der Waals surface area contributed by atoms with Crippen LogP contribution in [0.15, 0.2) is 36.5 Å². The molecule has 2 unspecified atom stereocenters. The van der Waals surface area contributed by atoms with E-state index in [0.29, 0.717) is 23.9 Å². The summed E-state index contributed by atoms with van der Waals surface area (Å²) in [6.07, 6.45) is 54.8. The van der Waals surface area contributed by atoms with Crippen molar-refractivity contribution in [1.29, 1.82) is 0 Å². The Bertz CT molecular complexity index is 1180. The van der Waals surface area contributed by atoms with Gasteiger partial charge in [0.25, 0.3) is 0 Å². The van der Waals surface area contributed by atoms with Gasteiger partial charge >= 0.3 is 11.9 Å². The summed E-state index contributed by atoms with van der Waals surface area (Å²) < 4.78 is 22.6. The number of carbonyl (C=O) groups is 3. The molecule has 0 aromatic rings. The molecule has 9 heteroatoms. The van der Waals surface area contributed by atoms with Crippen molar-refractivity contribution in [2.75, 3.05) is 47.5 Å². The van der Waals surface area contributed by atoms with Gasteiger partial charge in [-0.15, -0.1) is 0 Å². The number of ether oxygens (including phenoxy) is 4. The predicted molar refractivity (Wildman–Crippen MR) is 274 cm³/mol. The van der Waals surface area contributed by atoms with E-state index in [-0.39, 0.29) is 32.2 Å². The maximum absolute atomic E-state index is 12.8. The van der Waals surface area contributed by atoms with E-state index in [4.69, 9.17) is 18.9 Å². The van der Waals surface area contributed by atoms with E-state index in [0.717, 1.165) is 44.9 Å². The lowest BCUT2D eigenvalue weighted by molar-refractivity contribution is -0.870. The molecule has 0 aliphatic rings. The molecule has 0 N–H and O–H groups in total. The first-order valence-electron chi connectivity index (χ1n) is 27.6. The Kier molecular flexibility index (Phi) is 47.1. The molecule has 0 aliphatic heterocycles. The Morgan fingerprint density at radius 3 is 1.21 bits per heavy atom. The minimum Gasteiger partial charge on any atom is -0.545 e. The Morgan fingerprint density at radius 2 is 0.818 bits per heavy atom. The molecule has 9 nitrogen and oxygen atoms in total. The first kappa shape index (κ1) is 63.5. The van der Waals surface area contributed by atoms with E-state index in [2.05, 4.69) is 50.3 Å². The summed E-state index contributed by atoms with van der Waals surface area (Å²) in [6, 6.07) is 0. The third-order valence-electron chi connectivity index (χ3n) is 12.1. The fourth-order valence-electron chi connectivity index (χ4n) is 7.84. The second-order valence-electron chi connectivity index (χ2n) is 19.9. The second-order valence-corrected chi connectivity index (χ2v) is 19.9. The molecule has 66 heavy (non-hydrogen) atoms. The third-order valence-corrected chi connectivity index (χ3v) is 12.1. The average Bonchev–Trinajstić information content (AvgIpc) is 3.28. The van der Waals surface area contributed by atoms with Crippen molar-refractivity contribution in [1.82, 2.24) is 0 Å². The maximum atomic E-state index is 12.8. The van der Waals surface area contributed by atoms with Gasteiger partial charge in [-0.05, 0) is 51.4 Å². The molecule has 0 saturated carbocycles. The average molecular weight is 932 g/mol. The highest BCUT2D eigenvalue weighted by Crippen LogP contribution is 2.16. The fraction of sp³-hybridized carbons (Fsp3) is 0.842. The number of carbonyl (C=O) groups excluding carboxylic acids is 3. The second kappa shape index (κ2) is 48.9. The van der Waals surface area contributed by atoms with Crippen LogP contribution in [0, 0.1) is 0 Å². The van der Waals surface area contributed by atoms with Crippen LogP contribution >= 0.6 is 0 Å². The molecule has 2 atom stereocenters. The number of unbranched alkanes of at least 4 members (excludes halogenated alkanes) is 30. The first-order valence-corrected chi connectivity index (χ1v) is 27.6. The maximum Gasteiger partial charge on any atom is 0.306 e. The normalized spacial score (nSPS) is 13.0. The third kappa shape index (κ3) is 49.4. The Labute approximate surface area is 407 Å². The molecule has 386 valence electrons. The van der Waals surface area contributed by atoms with Crippen LogP contribution in [-0.4, -0.2) is 82.3 Å². The minimum absolute atomic E-state index is 0.149. The van der Waals surface area contributed by atoms with Gasteiger partial charge < -0.3 is 33.3 Å². The molecule has 0 aliphatic carbocycles. The minimum atomic E-state index is -1.62. The quantitative estimate of drug-likeness (QED) is 0.0195. The zero-order valence-electron chi connectivity index (χ0n) is 43.8. The van der Waals surface area contributed by atoms with Crippen molar-refractivity contribution in [2.24, 2.45) is 0 Å². The molecule has 0 aromatic heterocycles. The van der Waals surface area contributed by atoms with E-state index >= 15 is 0 Å². The number of aliphatic carboxylic acids is 1. The van der Waals surface area contributed by atoms with Gasteiger partial charge in [-0.2, -0.15) is 0 Å². The van der Waals surface area contributed by atoms with E-state index in [9.17, 15) is 19.5 Å². The van der Waals surface area contributed by atoms with Crippen molar-refractivity contribution in [3.05, 3.63) is 36.5 Å². The van der Waals surface area contributed by atoms with E-state index in [1.165, 1.54) is 173 Å². The molecular weight excluding hydrogens is 827 g/mol. The number of carboxylic acids is 1. The Hall–Kier alpha value is -2.49. The number of carboxylic acid groups (broad SMARTS) is 1. The zero-order valence-corrected chi connectivity index (χ0v) is 43.8. The lowest BCUT2D eigenvalue weighted by atomic mass is 10.0. The molecule has 0 spiro atoms. The summed E-state index contributed by atoms with van der Waals surface area (Å²) in [5.74, 6) is -2.27. The first-order chi connectivity index (χ1) is 32.1. The predicted octanol–water partition coefficient (Wildman–Crippen LogP) is 14.4. The van der Waals surface area contributed by atoms with Crippen molar-refractivity contribution < 1.29 is 42.9 Å². The van der Waals surface area contributed by atoms with Gasteiger partial charge in [-0.25, -0.2) is 0 Å². The number of esters is 2. The highest BCUT2D eigenvalue weighted by Gasteiger charge is 2.22. The van der Waals surface area contributed by atoms with Crippen LogP contribution in [0.25, 0.3) is 0 Å². The van der Waals surface area contributed by atoms with Crippen LogP contribution in [0.2, 0.25) is 0 Å². The lowest BCUT2D eigenvalue weighted by Gasteiger charge is -2.26. The monoisotopic (exact) mass is 932 g/mol. The highest BCUT2D eigenvalue weighted by molar-refractivity contribution is 5.70. The van der Waals surface area contributed by atoms with Crippen LogP contribution in [0.5, 0.6) is 0 Å². The number of quaternary nitrogens is 1. The highest BCUT2D eigenvalue weighted by atomic mass is 16.7. The van der Waals surface area contributed by atoms with E-state index in [1.54, 1.807) is 0 Å². The molecule has 0 radical (unpaired) electrons. The molecule has 0 aromatic carbocycles.